The summed E-state index contributed by atoms with van der Waals surface area (Å²) in [5.41, 5.74) is 3.43. The monoisotopic (exact) mass is 367 g/mol. The molecule has 1 unspecified atom stereocenters. The highest BCUT2D eigenvalue weighted by atomic mass is 16.2. The van der Waals surface area contributed by atoms with Crippen molar-refractivity contribution in [1.82, 2.24) is 24.8 Å². The standard InChI is InChI=1S/C21H29N5O/c1-21(2,3)26-15-18(22-23-26)14-25-13-17-9-5-4-8-16(17)12-19(25)20(27)24-10-6-7-11-24/h4-5,8-9,15,19H,6-7,10-14H2,1-3H3. The predicted molar refractivity (Wildman–Crippen MR) is 104 cm³/mol. The average Bonchev–Trinajstić information content (AvgIpc) is 3.32. The lowest BCUT2D eigenvalue weighted by Crippen LogP contribution is -2.50. The van der Waals surface area contributed by atoms with Gasteiger partial charge < -0.3 is 4.90 Å². The van der Waals surface area contributed by atoms with E-state index in [2.05, 4.69) is 60.2 Å². The maximum atomic E-state index is 13.2. The van der Waals surface area contributed by atoms with Crippen LogP contribution in [0.5, 0.6) is 0 Å². The number of rotatable bonds is 3. The lowest BCUT2D eigenvalue weighted by Gasteiger charge is -2.37. The molecule has 2 aliphatic rings. The zero-order valence-corrected chi connectivity index (χ0v) is 16.6. The minimum atomic E-state index is -0.113. The molecule has 1 saturated heterocycles. The molecule has 2 aromatic rings. The van der Waals surface area contributed by atoms with Gasteiger partial charge in [0.05, 0.1) is 23.5 Å². The van der Waals surface area contributed by atoms with E-state index in [4.69, 9.17) is 0 Å². The maximum absolute atomic E-state index is 13.2. The van der Waals surface area contributed by atoms with E-state index in [0.717, 1.165) is 44.6 Å². The molecule has 27 heavy (non-hydrogen) atoms. The molecule has 1 atom stereocenters. The Morgan fingerprint density at radius 2 is 1.85 bits per heavy atom. The Labute approximate surface area is 161 Å². The van der Waals surface area contributed by atoms with Gasteiger partial charge in [0, 0.05) is 26.2 Å². The van der Waals surface area contributed by atoms with Crippen LogP contribution in [0.25, 0.3) is 0 Å². The molecule has 144 valence electrons. The van der Waals surface area contributed by atoms with Crippen LogP contribution in [0.2, 0.25) is 0 Å². The third-order valence-electron chi connectivity index (χ3n) is 5.64. The fourth-order valence-corrected chi connectivity index (χ4v) is 4.04. The van der Waals surface area contributed by atoms with Crippen molar-refractivity contribution in [1.29, 1.82) is 0 Å². The van der Waals surface area contributed by atoms with Crippen LogP contribution in [0.4, 0.5) is 0 Å². The van der Waals surface area contributed by atoms with E-state index in [1.807, 2.05) is 15.8 Å². The van der Waals surface area contributed by atoms with Crippen molar-refractivity contribution < 1.29 is 4.79 Å². The normalized spacial score (nSPS) is 20.7. The highest BCUT2D eigenvalue weighted by molar-refractivity contribution is 5.82. The van der Waals surface area contributed by atoms with E-state index >= 15 is 0 Å². The van der Waals surface area contributed by atoms with Gasteiger partial charge in [-0.15, -0.1) is 5.10 Å². The Hall–Kier alpha value is -2.21. The number of hydrogen-bond acceptors (Lipinski definition) is 4. The summed E-state index contributed by atoms with van der Waals surface area (Å²) < 4.78 is 1.90. The molecular weight excluding hydrogens is 338 g/mol. The van der Waals surface area contributed by atoms with Gasteiger partial charge in [-0.2, -0.15) is 0 Å². The Kier molecular flexibility index (Phi) is 4.76. The molecule has 0 bridgehead atoms. The minimum absolute atomic E-state index is 0.0927. The summed E-state index contributed by atoms with van der Waals surface area (Å²) in [5.74, 6) is 0.269. The summed E-state index contributed by atoms with van der Waals surface area (Å²) in [5, 5.41) is 8.66. The first-order valence-electron chi connectivity index (χ1n) is 9.93. The highest BCUT2D eigenvalue weighted by Crippen LogP contribution is 2.27. The van der Waals surface area contributed by atoms with Gasteiger partial charge in [0.1, 0.15) is 0 Å². The first-order chi connectivity index (χ1) is 12.9. The van der Waals surface area contributed by atoms with Gasteiger partial charge in [0.25, 0.3) is 0 Å². The topological polar surface area (TPSA) is 54.3 Å². The molecule has 6 heteroatoms. The number of amides is 1. The van der Waals surface area contributed by atoms with Crippen molar-refractivity contribution in [3.05, 3.63) is 47.3 Å². The van der Waals surface area contributed by atoms with Crippen molar-refractivity contribution in [2.75, 3.05) is 13.1 Å². The Morgan fingerprint density at radius 3 is 2.52 bits per heavy atom. The molecule has 0 aliphatic carbocycles. The maximum Gasteiger partial charge on any atom is 0.240 e. The van der Waals surface area contributed by atoms with Gasteiger partial charge >= 0.3 is 0 Å². The minimum Gasteiger partial charge on any atom is -0.341 e. The third kappa shape index (κ3) is 3.76. The predicted octanol–water partition coefficient (Wildman–Crippen LogP) is 2.58. The number of carbonyl (C=O) groups is 1. The van der Waals surface area contributed by atoms with Crippen molar-refractivity contribution in [3.8, 4) is 0 Å². The number of benzene rings is 1. The van der Waals surface area contributed by atoms with Crippen LogP contribution >= 0.6 is 0 Å². The summed E-state index contributed by atoms with van der Waals surface area (Å²) in [6.07, 6.45) is 5.03. The lowest BCUT2D eigenvalue weighted by molar-refractivity contribution is -0.136. The van der Waals surface area contributed by atoms with Crippen molar-refractivity contribution in [2.24, 2.45) is 0 Å². The second-order valence-corrected chi connectivity index (χ2v) is 8.75. The third-order valence-corrected chi connectivity index (χ3v) is 5.64. The Bertz CT molecular complexity index is 816. The SMILES string of the molecule is CC(C)(C)n1cc(CN2Cc3ccccc3CC2C(=O)N2CCCC2)nn1. The van der Waals surface area contributed by atoms with Gasteiger partial charge in [0.2, 0.25) is 5.91 Å². The van der Waals surface area contributed by atoms with Crippen LogP contribution in [0.3, 0.4) is 0 Å². The summed E-state index contributed by atoms with van der Waals surface area (Å²) >= 11 is 0. The molecule has 0 N–H and O–H groups in total. The number of carbonyl (C=O) groups excluding carboxylic acids is 1. The molecule has 0 spiro atoms. The highest BCUT2D eigenvalue weighted by Gasteiger charge is 2.35. The number of fused-ring (bicyclic) bond motifs is 1. The van der Waals surface area contributed by atoms with E-state index in [1.54, 1.807) is 0 Å². The summed E-state index contributed by atoms with van der Waals surface area (Å²) in [6, 6.07) is 8.37. The summed E-state index contributed by atoms with van der Waals surface area (Å²) in [6.45, 7) is 9.56. The molecule has 0 radical (unpaired) electrons. The van der Waals surface area contributed by atoms with Gasteiger partial charge in [-0.05, 0) is 51.2 Å². The molecule has 2 aliphatic heterocycles. The number of likely N-dealkylation sites (tertiary alicyclic amines) is 1. The van der Waals surface area contributed by atoms with Gasteiger partial charge in [-0.3, -0.25) is 9.69 Å². The second kappa shape index (κ2) is 7.08. The van der Waals surface area contributed by atoms with E-state index < -0.39 is 0 Å². The summed E-state index contributed by atoms with van der Waals surface area (Å²) in [4.78, 5) is 17.5. The lowest BCUT2D eigenvalue weighted by atomic mass is 9.93. The van der Waals surface area contributed by atoms with Crippen LogP contribution in [-0.4, -0.2) is 49.8 Å². The van der Waals surface area contributed by atoms with Gasteiger partial charge in [-0.1, -0.05) is 29.5 Å². The largest absolute Gasteiger partial charge is 0.341 e. The van der Waals surface area contributed by atoms with Crippen LogP contribution < -0.4 is 0 Å². The smallest absolute Gasteiger partial charge is 0.240 e. The Morgan fingerprint density at radius 1 is 1.15 bits per heavy atom. The Balaban J connectivity index is 1.59. The van der Waals surface area contributed by atoms with Crippen LogP contribution in [0.15, 0.2) is 30.5 Å². The zero-order chi connectivity index (χ0) is 19.0. The van der Waals surface area contributed by atoms with Crippen molar-refractivity contribution >= 4 is 5.91 Å². The average molecular weight is 367 g/mol. The second-order valence-electron chi connectivity index (χ2n) is 8.75. The van der Waals surface area contributed by atoms with E-state index in [1.165, 1.54) is 11.1 Å². The quantitative estimate of drug-likeness (QED) is 0.837. The van der Waals surface area contributed by atoms with Gasteiger partial charge in [-0.25, -0.2) is 4.68 Å². The van der Waals surface area contributed by atoms with Crippen molar-refractivity contribution in [2.45, 2.75) is 64.7 Å². The number of hydrogen-bond donors (Lipinski definition) is 0. The van der Waals surface area contributed by atoms with Crippen LogP contribution in [-0.2, 0) is 29.8 Å². The number of nitrogens with zero attached hydrogens (tertiary/aromatic N) is 5. The van der Waals surface area contributed by atoms with Gasteiger partial charge in [0.15, 0.2) is 0 Å². The number of aromatic nitrogens is 3. The fourth-order valence-electron chi connectivity index (χ4n) is 4.04. The molecule has 1 fully saturated rings. The molecule has 6 nitrogen and oxygen atoms in total. The molecule has 0 saturated carbocycles. The van der Waals surface area contributed by atoms with E-state index in [0.29, 0.717) is 6.54 Å². The first kappa shape index (κ1) is 18.2. The van der Waals surface area contributed by atoms with Crippen LogP contribution in [0, 0.1) is 0 Å². The molecule has 1 amide bonds. The summed E-state index contributed by atoms with van der Waals surface area (Å²) in [7, 11) is 0. The zero-order valence-electron chi connectivity index (χ0n) is 16.6. The molecular formula is C21H29N5O. The van der Waals surface area contributed by atoms with Crippen LogP contribution in [0.1, 0.15) is 50.4 Å². The molecule has 1 aromatic heterocycles. The first-order valence-corrected chi connectivity index (χ1v) is 9.93. The fraction of sp³-hybridized carbons (Fsp3) is 0.571. The van der Waals surface area contributed by atoms with Crippen molar-refractivity contribution in [3.63, 3.8) is 0 Å². The molecule has 1 aromatic carbocycles. The molecule has 4 rings (SSSR count). The van der Waals surface area contributed by atoms with E-state index in [9.17, 15) is 4.79 Å². The van der Waals surface area contributed by atoms with E-state index in [-0.39, 0.29) is 17.5 Å². The molecule has 3 heterocycles.